The minimum atomic E-state index is -0.371. The van der Waals surface area contributed by atoms with E-state index < -0.39 is 0 Å². The summed E-state index contributed by atoms with van der Waals surface area (Å²) in [7, 11) is 0. The highest BCUT2D eigenvalue weighted by atomic mass is 19.1. The fourth-order valence-electron chi connectivity index (χ4n) is 2.48. The molecule has 136 valence electrons. The number of anilines is 1. The molecule has 0 amide bonds. The first-order chi connectivity index (χ1) is 12.7. The van der Waals surface area contributed by atoms with Crippen molar-refractivity contribution in [3.63, 3.8) is 0 Å². The van der Waals surface area contributed by atoms with Gasteiger partial charge in [-0.05, 0) is 29.8 Å². The number of pyridine rings is 2. The second-order valence-electron chi connectivity index (χ2n) is 5.64. The largest absolute Gasteiger partial charge is 0.395 e. The summed E-state index contributed by atoms with van der Waals surface area (Å²) in [5, 5.41) is 16.0. The molecule has 4 N–H and O–H groups in total. The van der Waals surface area contributed by atoms with E-state index in [1.807, 2.05) is 12.1 Å². The molecule has 0 fully saturated rings. The third-order valence-electron chi connectivity index (χ3n) is 3.86. The van der Waals surface area contributed by atoms with Crippen molar-refractivity contribution in [3.05, 3.63) is 59.0 Å². The van der Waals surface area contributed by atoms with Gasteiger partial charge in [-0.15, -0.1) is 5.10 Å². The quantitative estimate of drug-likeness (QED) is 0.575. The average Bonchev–Trinajstić information content (AvgIpc) is 2.99. The molecule has 3 rings (SSSR count). The summed E-state index contributed by atoms with van der Waals surface area (Å²) in [5.74, 6) is 0.654. The maximum Gasteiger partial charge on any atom is 0.350 e. The van der Waals surface area contributed by atoms with E-state index in [9.17, 15) is 9.18 Å². The fraction of sp³-hybridized carbons (Fsp3) is 0.235. The van der Waals surface area contributed by atoms with E-state index in [4.69, 9.17) is 10.8 Å². The van der Waals surface area contributed by atoms with E-state index in [1.54, 1.807) is 24.5 Å². The topological polar surface area (TPSA) is 110 Å². The minimum absolute atomic E-state index is 0.00955. The number of rotatable bonds is 7. The lowest BCUT2D eigenvalue weighted by Gasteiger charge is -2.05. The van der Waals surface area contributed by atoms with Crippen LogP contribution in [0.25, 0.3) is 16.8 Å². The molecule has 3 aromatic rings. The molecular formula is C17H19FN6O2. The third-order valence-corrected chi connectivity index (χ3v) is 3.86. The summed E-state index contributed by atoms with van der Waals surface area (Å²) >= 11 is 0. The van der Waals surface area contributed by atoms with Gasteiger partial charge in [-0.25, -0.2) is 23.3 Å². The van der Waals surface area contributed by atoms with Crippen molar-refractivity contribution in [1.29, 1.82) is 0 Å². The molecular weight excluding hydrogens is 339 g/mol. The standard InChI is InChI=1S/C17H19FN6O2/c18-7-12(8-19)10-24-17(26)23-11-14(2-4-16(23)22-24)13-1-3-15(21-9-13)20-5-6-25/h1-4,7,9,11,25H,5-6,8,10,19H2,(H,20,21)/b12-7+. The molecule has 9 heteroatoms. The molecule has 8 nitrogen and oxygen atoms in total. The number of nitrogens with two attached hydrogens (primary N) is 1. The van der Waals surface area contributed by atoms with Gasteiger partial charge in [0.2, 0.25) is 0 Å². The lowest BCUT2D eigenvalue weighted by molar-refractivity contribution is 0.311. The highest BCUT2D eigenvalue weighted by Crippen LogP contribution is 2.19. The molecule has 3 aromatic heterocycles. The summed E-state index contributed by atoms with van der Waals surface area (Å²) in [6.07, 6.45) is 3.74. The molecule has 0 radical (unpaired) electrons. The van der Waals surface area contributed by atoms with Crippen molar-refractivity contribution in [2.24, 2.45) is 5.73 Å². The highest BCUT2D eigenvalue weighted by Gasteiger charge is 2.10. The van der Waals surface area contributed by atoms with E-state index in [1.165, 1.54) is 9.08 Å². The van der Waals surface area contributed by atoms with Crippen LogP contribution >= 0.6 is 0 Å². The van der Waals surface area contributed by atoms with Crippen molar-refractivity contribution >= 4 is 11.5 Å². The second-order valence-corrected chi connectivity index (χ2v) is 5.64. The van der Waals surface area contributed by atoms with E-state index in [0.29, 0.717) is 24.3 Å². The Kier molecular flexibility index (Phi) is 5.40. The molecule has 0 saturated heterocycles. The number of aliphatic hydroxyl groups is 1. The van der Waals surface area contributed by atoms with Crippen LogP contribution in [0.2, 0.25) is 0 Å². The molecule has 0 saturated carbocycles. The molecule has 0 aliphatic heterocycles. The number of halogens is 1. The molecule has 0 aromatic carbocycles. The van der Waals surface area contributed by atoms with Gasteiger partial charge >= 0.3 is 5.69 Å². The van der Waals surface area contributed by atoms with Crippen molar-refractivity contribution in [1.82, 2.24) is 19.2 Å². The number of aromatic nitrogens is 4. The summed E-state index contributed by atoms with van der Waals surface area (Å²) in [5.41, 5.74) is 7.43. The van der Waals surface area contributed by atoms with Crippen molar-refractivity contribution < 1.29 is 9.50 Å². The van der Waals surface area contributed by atoms with E-state index >= 15 is 0 Å². The van der Waals surface area contributed by atoms with Crippen LogP contribution < -0.4 is 16.7 Å². The Hall–Kier alpha value is -3.04. The van der Waals surface area contributed by atoms with Crippen molar-refractivity contribution in [2.75, 3.05) is 25.0 Å². The van der Waals surface area contributed by atoms with Gasteiger partial charge in [-0.2, -0.15) is 0 Å². The number of nitrogens with zero attached hydrogens (tertiary/aromatic N) is 4. The molecule has 0 aliphatic carbocycles. The van der Waals surface area contributed by atoms with E-state index in [2.05, 4.69) is 15.4 Å². The summed E-state index contributed by atoms with van der Waals surface area (Å²) < 4.78 is 15.3. The first-order valence-corrected chi connectivity index (χ1v) is 8.05. The van der Waals surface area contributed by atoms with Crippen LogP contribution in [0.5, 0.6) is 0 Å². The second kappa shape index (κ2) is 7.89. The van der Waals surface area contributed by atoms with E-state index in [-0.39, 0.29) is 31.0 Å². The van der Waals surface area contributed by atoms with Gasteiger partial charge in [0.05, 0.1) is 19.5 Å². The van der Waals surface area contributed by atoms with Crippen LogP contribution in [0, 0.1) is 0 Å². The Labute approximate surface area is 148 Å². The van der Waals surface area contributed by atoms with Gasteiger partial charge in [-0.1, -0.05) is 0 Å². The normalized spacial score (nSPS) is 11.9. The fourth-order valence-corrected chi connectivity index (χ4v) is 2.48. The molecule has 0 aliphatic rings. The summed E-state index contributed by atoms with van der Waals surface area (Å²) in [6, 6.07) is 7.20. The number of hydrogen-bond donors (Lipinski definition) is 3. The lowest BCUT2D eigenvalue weighted by Crippen LogP contribution is -2.23. The van der Waals surface area contributed by atoms with E-state index in [0.717, 1.165) is 11.1 Å². The molecule has 0 unspecified atom stereocenters. The first-order valence-electron chi connectivity index (χ1n) is 8.05. The van der Waals surface area contributed by atoms with Crippen molar-refractivity contribution in [3.8, 4) is 11.1 Å². The van der Waals surface area contributed by atoms with Gasteiger partial charge < -0.3 is 16.2 Å². The zero-order valence-corrected chi connectivity index (χ0v) is 14.0. The predicted octanol–water partition coefficient (Wildman–Crippen LogP) is 0.774. The van der Waals surface area contributed by atoms with Crippen LogP contribution in [0.3, 0.4) is 0 Å². The Morgan fingerprint density at radius 3 is 2.77 bits per heavy atom. The van der Waals surface area contributed by atoms with Crippen LogP contribution in [0.1, 0.15) is 0 Å². The van der Waals surface area contributed by atoms with Gasteiger partial charge in [0, 0.05) is 36.6 Å². The molecule has 0 atom stereocenters. The first kappa shape index (κ1) is 17.8. The average molecular weight is 358 g/mol. The van der Waals surface area contributed by atoms with Gasteiger partial charge in [-0.3, -0.25) is 0 Å². The van der Waals surface area contributed by atoms with Crippen LogP contribution in [0.4, 0.5) is 10.2 Å². The molecule has 0 spiro atoms. The SMILES string of the molecule is NC/C(=C\F)Cn1nc2ccc(-c3ccc(NCCO)nc3)cn2c1=O. The molecule has 0 bridgehead atoms. The maximum atomic E-state index is 12.7. The zero-order valence-electron chi connectivity index (χ0n) is 14.0. The van der Waals surface area contributed by atoms with Gasteiger partial charge in [0.15, 0.2) is 5.65 Å². The summed E-state index contributed by atoms with van der Waals surface area (Å²) in [4.78, 5) is 16.7. The number of fused-ring (bicyclic) bond motifs is 1. The highest BCUT2D eigenvalue weighted by molar-refractivity contribution is 5.64. The third kappa shape index (κ3) is 3.63. The Balaban J connectivity index is 1.91. The number of nitrogens with one attached hydrogen (secondary N) is 1. The van der Waals surface area contributed by atoms with Crippen molar-refractivity contribution in [2.45, 2.75) is 6.54 Å². The van der Waals surface area contributed by atoms with Gasteiger partial charge in [0.25, 0.3) is 0 Å². The Morgan fingerprint density at radius 2 is 2.12 bits per heavy atom. The van der Waals surface area contributed by atoms with Gasteiger partial charge in [0.1, 0.15) is 5.82 Å². The minimum Gasteiger partial charge on any atom is -0.395 e. The van der Waals surface area contributed by atoms with Crippen LogP contribution in [0.15, 0.2) is 53.4 Å². The number of hydrogen-bond acceptors (Lipinski definition) is 6. The Bertz CT molecular complexity index is 977. The smallest absolute Gasteiger partial charge is 0.350 e. The molecule has 26 heavy (non-hydrogen) atoms. The number of aliphatic hydroxyl groups excluding tert-OH is 1. The predicted molar refractivity (Wildman–Crippen MR) is 96.5 cm³/mol. The lowest BCUT2D eigenvalue weighted by atomic mass is 10.1. The summed E-state index contributed by atoms with van der Waals surface area (Å²) in [6.45, 7) is 0.474. The van der Waals surface area contributed by atoms with Crippen LogP contribution in [-0.2, 0) is 6.54 Å². The monoisotopic (exact) mass is 358 g/mol. The van der Waals surface area contributed by atoms with Crippen LogP contribution in [-0.4, -0.2) is 44.0 Å². The Morgan fingerprint density at radius 1 is 1.31 bits per heavy atom. The zero-order chi connectivity index (χ0) is 18.5. The maximum absolute atomic E-state index is 12.7. The molecule has 3 heterocycles.